The molecule has 2 N–H and O–H groups in total. The zero-order valence-corrected chi connectivity index (χ0v) is 11.8. The van der Waals surface area contributed by atoms with Crippen molar-refractivity contribution in [1.29, 1.82) is 0 Å². The molecule has 0 radical (unpaired) electrons. The van der Waals surface area contributed by atoms with Gasteiger partial charge in [0, 0.05) is 5.92 Å². The summed E-state index contributed by atoms with van der Waals surface area (Å²) in [5.74, 6) is 0.620. The molecule has 0 aromatic heterocycles. The van der Waals surface area contributed by atoms with Gasteiger partial charge in [0.1, 0.15) is 5.75 Å². The number of esters is 1. The molecule has 2 aromatic rings. The van der Waals surface area contributed by atoms with Crippen molar-refractivity contribution in [3.63, 3.8) is 0 Å². The van der Waals surface area contributed by atoms with E-state index >= 15 is 0 Å². The number of hydrogen-bond acceptors (Lipinski definition) is 4. The number of carbonyl (C=O) groups is 1. The summed E-state index contributed by atoms with van der Waals surface area (Å²) in [5, 5.41) is 0. The number of benzene rings is 2. The van der Waals surface area contributed by atoms with E-state index in [0.29, 0.717) is 29.5 Å². The van der Waals surface area contributed by atoms with Gasteiger partial charge >= 0.3 is 5.97 Å². The monoisotopic (exact) mass is 283 g/mol. The fraction of sp³-hybridized carbons (Fsp3) is 0.235. The van der Waals surface area contributed by atoms with Crippen LogP contribution in [0.3, 0.4) is 0 Å². The van der Waals surface area contributed by atoms with E-state index < -0.39 is 5.97 Å². The first-order valence-corrected chi connectivity index (χ1v) is 6.87. The van der Waals surface area contributed by atoms with Gasteiger partial charge in [0.25, 0.3) is 0 Å². The van der Waals surface area contributed by atoms with Crippen LogP contribution in [0.1, 0.15) is 27.4 Å². The first-order valence-electron chi connectivity index (χ1n) is 6.87. The Kier molecular flexibility index (Phi) is 3.52. The smallest absolute Gasteiger partial charge is 0.337 e. The van der Waals surface area contributed by atoms with Crippen LogP contribution in [0.25, 0.3) is 0 Å². The molecule has 0 amide bonds. The van der Waals surface area contributed by atoms with E-state index in [1.165, 1.54) is 18.2 Å². The van der Waals surface area contributed by atoms with Gasteiger partial charge in [-0.25, -0.2) is 4.79 Å². The third-order valence-electron chi connectivity index (χ3n) is 3.83. The van der Waals surface area contributed by atoms with Crippen molar-refractivity contribution in [3.05, 3.63) is 59.2 Å². The van der Waals surface area contributed by atoms with Crippen molar-refractivity contribution in [2.45, 2.75) is 12.3 Å². The van der Waals surface area contributed by atoms with Gasteiger partial charge in [-0.1, -0.05) is 24.3 Å². The molecule has 1 aliphatic carbocycles. The Labute approximate surface area is 123 Å². The molecular formula is C17H17NO3. The highest BCUT2D eigenvalue weighted by Gasteiger charge is 2.26. The van der Waals surface area contributed by atoms with Gasteiger partial charge < -0.3 is 15.2 Å². The molecule has 2 aromatic carbocycles. The highest BCUT2D eigenvalue weighted by atomic mass is 16.5. The number of ether oxygens (including phenoxy) is 2. The van der Waals surface area contributed by atoms with Gasteiger partial charge in [0.2, 0.25) is 0 Å². The van der Waals surface area contributed by atoms with Crippen LogP contribution in [-0.2, 0) is 11.2 Å². The van der Waals surface area contributed by atoms with Crippen LogP contribution in [0, 0.1) is 0 Å². The van der Waals surface area contributed by atoms with E-state index in [1.807, 2.05) is 6.07 Å². The molecule has 21 heavy (non-hydrogen) atoms. The Hall–Kier alpha value is -2.49. The first-order chi connectivity index (χ1) is 10.2. The second-order valence-electron chi connectivity index (χ2n) is 5.16. The number of carbonyl (C=O) groups excluding carboxylic acids is 1. The van der Waals surface area contributed by atoms with Gasteiger partial charge in [0.15, 0.2) is 0 Å². The molecule has 1 atom stereocenters. The van der Waals surface area contributed by atoms with Crippen LogP contribution in [0.5, 0.6) is 5.75 Å². The van der Waals surface area contributed by atoms with Crippen molar-refractivity contribution in [3.8, 4) is 5.75 Å². The zero-order valence-electron chi connectivity index (χ0n) is 11.8. The van der Waals surface area contributed by atoms with Gasteiger partial charge in [0.05, 0.1) is 25.0 Å². The molecule has 108 valence electrons. The summed E-state index contributed by atoms with van der Waals surface area (Å²) >= 11 is 0. The Morgan fingerprint density at radius 3 is 2.81 bits per heavy atom. The second kappa shape index (κ2) is 5.48. The maximum Gasteiger partial charge on any atom is 0.337 e. The van der Waals surface area contributed by atoms with E-state index in [-0.39, 0.29) is 0 Å². The van der Waals surface area contributed by atoms with Crippen LogP contribution < -0.4 is 10.5 Å². The number of rotatable bonds is 4. The fourth-order valence-corrected chi connectivity index (χ4v) is 2.63. The molecule has 0 saturated carbocycles. The fourth-order valence-electron chi connectivity index (χ4n) is 2.63. The van der Waals surface area contributed by atoms with Gasteiger partial charge in [-0.2, -0.15) is 0 Å². The SMILES string of the molecule is COC(=O)c1ccc(OCC2Cc3ccccc32)c(N)c1. The molecule has 4 heteroatoms. The summed E-state index contributed by atoms with van der Waals surface area (Å²) in [4.78, 5) is 11.4. The van der Waals surface area contributed by atoms with Gasteiger partial charge in [-0.15, -0.1) is 0 Å². The third-order valence-corrected chi connectivity index (χ3v) is 3.83. The minimum atomic E-state index is -0.402. The predicted molar refractivity (Wildman–Crippen MR) is 80.6 cm³/mol. The first kappa shape index (κ1) is 13.5. The van der Waals surface area contributed by atoms with E-state index in [2.05, 4.69) is 22.9 Å². The maximum absolute atomic E-state index is 11.4. The van der Waals surface area contributed by atoms with Gasteiger partial charge in [-0.05, 0) is 35.7 Å². The summed E-state index contributed by atoms with van der Waals surface area (Å²) in [6.45, 7) is 0.596. The minimum absolute atomic E-state index is 0.402. The van der Waals surface area contributed by atoms with Crippen molar-refractivity contribution in [2.24, 2.45) is 0 Å². The minimum Gasteiger partial charge on any atom is -0.491 e. The molecule has 1 unspecified atom stereocenters. The lowest BCUT2D eigenvalue weighted by Gasteiger charge is -2.30. The van der Waals surface area contributed by atoms with Crippen LogP contribution in [-0.4, -0.2) is 19.7 Å². The number of nitrogens with two attached hydrogens (primary N) is 1. The maximum atomic E-state index is 11.4. The Bertz CT molecular complexity index is 681. The lowest BCUT2D eigenvalue weighted by molar-refractivity contribution is 0.0600. The summed E-state index contributed by atoms with van der Waals surface area (Å²) < 4.78 is 10.4. The quantitative estimate of drug-likeness (QED) is 0.692. The molecule has 1 aliphatic rings. The topological polar surface area (TPSA) is 61.5 Å². The number of methoxy groups -OCH3 is 1. The highest BCUT2D eigenvalue weighted by Crippen LogP contribution is 2.35. The summed E-state index contributed by atoms with van der Waals surface area (Å²) in [6, 6.07) is 13.3. The van der Waals surface area contributed by atoms with Crippen molar-refractivity contribution in [1.82, 2.24) is 0 Å². The standard InChI is InChI=1S/C17H17NO3/c1-20-17(19)12-6-7-16(15(18)9-12)21-10-13-8-11-4-2-3-5-14(11)13/h2-7,9,13H,8,10,18H2,1H3. The van der Waals surface area contributed by atoms with Gasteiger partial charge in [-0.3, -0.25) is 0 Å². The largest absolute Gasteiger partial charge is 0.491 e. The third kappa shape index (κ3) is 2.57. The van der Waals surface area contributed by atoms with Crippen molar-refractivity contribution >= 4 is 11.7 Å². The lowest BCUT2D eigenvalue weighted by Crippen LogP contribution is -2.23. The molecule has 0 fully saturated rings. The molecule has 4 nitrogen and oxygen atoms in total. The summed E-state index contributed by atoms with van der Waals surface area (Å²) in [5.41, 5.74) is 9.54. The summed E-state index contributed by atoms with van der Waals surface area (Å²) in [6.07, 6.45) is 1.04. The Morgan fingerprint density at radius 2 is 2.10 bits per heavy atom. The van der Waals surface area contributed by atoms with Crippen molar-refractivity contribution < 1.29 is 14.3 Å². The lowest BCUT2D eigenvalue weighted by atomic mass is 9.78. The number of hydrogen-bond donors (Lipinski definition) is 1. The second-order valence-corrected chi connectivity index (χ2v) is 5.16. The normalized spacial score (nSPS) is 15.8. The number of nitrogen functional groups attached to an aromatic ring is 1. The Balaban J connectivity index is 1.66. The molecule has 0 bridgehead atoms. The van der Waals surface area contributed by atoms with Crippen molar-refractivity contribution in [2.75, 3.05) is 19.5 Å². The highest BCUT2D eigenvalue weighted by molar-refractivity contribution is 5.90. The van der Waals surface area contributed by atoms with Crippen LogP contribution in [0.2, 0.25) is 0 Å². The number of fused-ring (bicyclic) bond motifs is 1. The number of anilines is 1. The predicted octanol–water partition coefficient (Wildman–Crippen LogP) is 2.77. The van der Waals surface area contributed by atoms with Crippen LogP contribution in [0.4, 0.5) is 5.69 Å². The molecule has 0 aliphatic heterocycles. The van der Waals surface area contributed by atoms with E-state index in [0.717, 1.165) is 6.42 Å². The van der Waals surface area contributed by atoms with E-state index in [1.54, 1.807) is 18.2 Å². The zero-order chi connectivity index (χ0) is 14.8. The molecule has 0 spiro atoms. The summed E-state index contributed by atoms with van der Waals surface area (Å²) in [7, 11) is 1.34. The molecule has 0 heterocycles. The van der Waals surface area contributed by atoms with Crippen LogP contribution in [0.15, 0.2) is 42.5 Å². The van der Waals surface area contributed by atoms with E-state index in [9.17, 15) is 4.79 Å². The molecule has 3 rings (SSSR count). The van der Waals surface area contributed by atoms with Crippen LogP contribution >= 0.6 is 0 Å². The average Bonchev–Trinajstić information content (AvgIpc) is 2.48. The molecular weight excluding hydrogens is 266 g/mol. The molecule has 0 saturated heterocycles. The van der Waals surface area contributed by atoms with E-state index in [4.69, 9.17) is 10.5 Å². The Morgan fingerprint density at radius 1 is 1.29 bits per heavy atom. The average molecular weight is 283 g/mol.